The van der Waals surface area contributed by atoms with Crippen LogP contribution in [0, 0.1) is 12.7 Å². The van der Waals surface area contributed by atoms with Crippen molar-refractivity contribution in [3.63, 3.8) is 0 Å². The van der Waals surface area contributed by atoms with Gasteiger partial charge in [0.1, 0.15) is 5.82 Å². The van der Waals surface area contributed by atoms with Gasteiger partial charge in [0.15, 0.2) is 0 Å². The molecule has 1 aromatic heterocycles. The molecule has 21 heavy (non-hydrogen) atoms. The van der Waals surface area contributed by atoms with Crippen LogP contribution in [0.3, 0.4) is 0 Å². The van der Waals surface area contributed by atoms with Crippen LogP contribution in [0.2, 0.25) is 5.02 Å². The number of benzene rings is 2. The second kappa shape index (κ2) is 5.18. The van der Waals surface area contributed by atoms with Crippen molar-refractivity contribution in [2.75, 3.05) is 5.73 Å². The molecule has 0 saturated carbocycles. The van der Waals surface area contributed by atoms with Gasteiger partial charge in [-0.2, -0.15) is 4.98 Å². The summed E-state index contributed by atoms with van der Waals surface area (Å²) in [5.41, 5.74) is 8.33. The summed E-state index contributed by atoms with van der Waals surface area (Å²) >= 11 is 5.94. The molecule has 106 valence electrons. The molecule has 2 N–H and O–H groups in total. The smallest absolute Gasteiger partial charge is 0.260 e. The minimum atomic E-state index is -0.357. The Morgan fingerprint density at radius 2 is 1.95 bits per heavy atom. The molecule has 3 aromatic rings. The summed E-state index contributed by atoms with van der Waals surface area (Å²) in [7, 11) is 0. The highest BCUT2D eigenvalue weighted by molar-refractivity contribution is 6.31. The van der Waals surface area contributed by atoms with Crippen LogP contribution in [0.15, 0.2) is 40.9 Å². The first-order valence-corrected chi connectivity index (χ1v) is 6.58. The average Bonchev–Trinajstić information content (AvgIpc) is 2.93. The van der Waals surface area contributed by atoms with E-state index in [9.17, 15) is 4.39 Å². The van der Waals surface area contributed by atoms with Crippen LogP contribution in [-0.2, 0) is 0 Å². The fourth-order valence-electron chi connectivity index (χ4n) is 1.99. The van der Waals surface area contributed by atoms with Crippen LogP contribution < -0.4 is 5.73 Å². The van der Waals surface area contributed by atoms with Crippen LogP contribution in [0.4, 0.5) is 10.1 Å². The van der Waals surface area contributed by atoms with E-state index in [-0.39, 0.29) is 11.7 Å². The molecule has 3 rings (SSSR count). The first-order chi connectivity index (χ1) is 10.0. The third-order valence-electron chi connectivity index (χ3n) is 3.11. The molecule has 6 heteroatoms. The Kier molecular flexibility index (Phi) is 3.35. The molecule has 0 atom stereocenters. The van der Waals surface area contributed by atoms with E-state index in [4.69, 9.17) is 21.9 Å². The summed E-state index contributed by atoms with van der Waals surface area (Å²) < 4.78 is 18.6. The molecule has 0 aliphatic heterocycles. The number of hydrogen-bond donors (Lipinski definition) is 1. The molecule has 0 saturated heterocycles. The van der Waals surface area contributed by atoms with Gasteiger partial charge >= 0.3 is 0 Å². The van der Waals surface area contributed by atoms with Gasteiger partial charge in [-0.1, -0.05) is 22.8 Å². The molecule has 0 spiro atoms. The molecule has 4 nitrogen and oxygen atoms in total. The van der Waals surface area contributed by atoms with Crippen molar-refractivity contribution in [1.82, 2.24) is 10.1 Å². The quantitative estimate of drug-likeness (QED) is 0.724. The maximum Gasteiger partial charge on any atom is 0.260 e. The van der Waals surface area contributed by atoms with E-state index in [1.165, 1.54) is 12.1 Å². The summed E-state index contributed by atoms with van der Waals surface area (Å²) in [6.45, 7) is 1.85. The number of aryl methyl sites for hydroxylation is 1. The summed E-state index contributed by atoms with van der Waals surface area (Å²) in [6.07, 6.45) is 0. The Morgan fingerprint density at radius 1 is 1.14 bits per heavy atom. The number of nitrogen functional groups attached to an aromatic ring is 1. The first kappa shape index (κ1) is 13.6. The van der Waals surface area contributed by atoms with Crippen LogP contribution in [0.25, 0.3) is 22.8 Å². The summed E-state index contributed by atoms with van der Waals surface area (Å²) in [5.74, 6) is 0.194. The Morgan fingerprint density at radius 3 is 2.76 bits per heavy atom. The van der Waals surface area contributed by atoms with Crippen molar-refractivity contribution in [2.45, 2.75) is 6.92 Å². The van der Waals surface area contributed by atoms with E-state index in [1.54, 1.807) is 24.3 Å². The van der Waals surface area contributed by atoms with Gasteiger partial charge < -0.3 is 10.3 Å². The van der Waals surface area contributed by atoms with Crippen molar-refractivity contribution >= 4 is 17.3 Å². The van der Waals surface area contributed by atoms with E-state index >= 15 is 0 Å². The van der Waals surface area contributed by atoms with Gasteiger partial charge in [0.25, 0.3) is 5.89 Å². The zero-order chi connectivity index (χ0) is 15.0. The lowest BCUT2D eigenvalue weighted by atomic mass is 10.1. The van der Waals surface area contributed by atoms with Gasteiger partial charge in [-0.3, -0.25) is 0 Å². The van der Waals surface area contributed by atoms with Gasteiger partial charge in [0, 0.05) is 16.3 Å². The monoisotopic (exact) mass is 303 g/mol. The fraction of sp³-hybridized carbons (Fsp3) is 0.0667. The van der Waals surface area contributed by atoms with Gasteiger partial charge in [-0.15, -0.1) is 0 Å². The van der Waals surface area contributed by atoms with E-state index in [0.717, 1.165) is 5.56 Å². The van der Waals surface area contributed by atoms with Gasteiger partial charge in [-0.25, -0.2) is 4.39 Å². The third kappa shape index (κ3) is 2.60. The predicted octanol–water partition coefficient (Wildman–Crippen LogP) is 4.09. The summed E-state index contributed by atoms with van der Waals surface area (Å²) in [6, 6.07) is 9.39. The van der Waals surface area contributed by atoms with Gasteiger partial charge in [-0.05, 0) is 42.8 Å². The van der Waals surface area contributed by atoms with Crippen LogP contribution in [-0.4, -0.2) is 10.1 Å². The Balaban J connectivity index is 2.08. The highest BCUT2D eigenvalue weighted by atomic mass is 35.5. The Labute approximate surface area is 125 Å². The topological polar surface area (TPSA) is 64.9 Å². The molecular weight excluding hydrogens is 293 g/mol. The lowest BCUT2D eigenvalue weighted by Gasteiger charge is -2.01. The number of anilines is 1. The zero-order valence-corrected chi connectivity index (χ0v) is 11.9. The molecular formula is C15H11ClFN3O. The fourth-order valence-corrected chi connectivity index (χ4v) is 2.16. The molecule has 0 bridgehead atoms. The summed E-state index contributed by atoms with van der Waals surface area (Å²) in [4.78, 5) is 4.27. The second-order valence-electron chi connectivity index (χ2n) is 4.61. The van der Waals surface area contributed by atoms with Gasteiger partial charge in [0.05, 0.1) is 5.56 Å². The van der Waals surface area contributed by atoms with E-state index in [1.807, 2.05) is 6.92 Å². The minimum Gasteiger partial charge on any atom is -0.398 e. The van der Waals surface area contributed by atoms with Crippen molar-refractivity contribution in [3.05, 3.63) is 52.8 Å². The average molecular weight is 304 g/mol. The molecule has 0 radical (unpaired) electrons. The van der Waals surface area contributed by atoms with E-state index in [2.05, 4.69) is 10.1 Å². The largest absolute Gasteiger partial charge is 0.398 e. The maximum absolute atomic E-state index is 13.4. The molecule has 0 unspecified atom stereocenters. The molecule has 0 amide bonds. The number of nitrogens with two attached hydrogens (primary N) is 1. The SMILES string of the molecule is Cc1ccc(F)cc1-c1noc(-c2cc(Cl)ccc2N)n1. The minimum absolute atomic E-state index is 0.244. The molecule has 0 fully saturated rings. The number of rotatable bonds is 2. The highest BCUT2D eigenvalue weighted by Crippen LogP contribution is 2.30. The highest BCUT2D eigenvalue weighted by Gasteiger charge is 2.15. The lowest BCUT2D eigenvalue weighted by molar-refractivity contribution is 0.432. The Hall–Kier alpha value is -2.40. The lowest BCUT2D eigenvalue weighted by Crippen LogP contribution is -1.90. The molecule has 1 heterocycles. The van der Waals surface area contributed by atoms with Crippen molar-refractivity contribution < 1.29 is 8.91 Å². The molecule has 0 aliphatic carbocycles. The van der Waals surface area contributed by atoms with E-state index in [0.29, 0.717) is 27.7 Å². The number of nitrogens with zero attached hydrogens (tertiary/aromatic N) is 2. The van der Waals surface area contributed by atoms with Crippen molar-refractivity contribution in [1.29, 1.82) is 0 Å². The Bertz CT molecular complexity index is 750. The van der Waals surface area contributed by atoms with Crippen molar-refractivity contribution in [2.24, 2.45) is 0 Å². The third-order valence-corrected chi connectivity index (χ3v) is 3.35. The second-order valence-corrected chi connectivity index (χ2v) is 5.05. The normalized spacial score (nSPS) is 10.8. The molecule has 0 aliphatic rings. The standard InChI is InChI=1S/C15H11ClFN3O/c1-8-2-4-10(17)7-11(8)14-19-15(21-20-14)12-6-9(16)3-5-13(12)18/h2-7H,18H2,1H3. The van der Waals surface area contributed by atoms with Crippen LogP contribution in [0.1, 0.15) is 5.56 Å². The summed E-state index contributed by atoms with van der Waals surface area (Å²) in [5, 5.41) is 4.40. The zero-order valence-electron chi connectivity index (χ0n) is 11.1. The predicted molar refractivity (Wildman–Crippen MR) is 79.3 cm³/mol. The number of halogens is 2. The van der Waals surface area contributed by atoms with Crippen molar-refractivity contribution in [3.8, 4) is 22.8 Å². The first-order valence-electron chi connectivity index (χ1n) is 6.20. The van der Waals surface area contributed by atoms with Crippen LogP contribution in [0.5, 0.6) is 0 Å². The van der Waals surface area contributed by atoms with Gasteiger partial charge in [0.2, 0.25) is 5.82 Å². The number of hydrogen-bond acceptors (Lipinski definition) is 4. The molecule has 2 aromatic carbocycles. The van der Waals surface area contributed by atoms with Crippen LogP contribution >= 0.6 is 11.6 Å². The van der Waals surface area contributed by atoms with E-state index < -0.39 is 0 Å². The maximum atomic E-state index is 13.4. The number of aromatic nitrogens is 2.